The molecule has 0 amide bonds. The quantitative estimate of drug-likeness (QED) is 0.119. The Labute approximate surface area is 369 Å². The van der Waals surface area contributed by atoms with E-state index in [0.29, 0.717) is 19.3 Å². The molecule has 0 aliphatic heterocycles. The molecule has 0 aliphatic rings. The Morgan fingerprint density at radius 3 is 0.754 bits per heavy atom. The lowest BCUT2D eigenvalue weighted by Gasteiger charge is -2.27. The fourth-order valence-corrected chi connectivity index (χ4v) is 7.58. The van der Waals surface area contributed by atoms with E-state index in [2.05, 4.69) is 169 Å². The molecule has 0 atom stereocenters. The van der Waals surface area contributed by atoms with Gasteiger partial charge in [-0.15, -0.1) is 25.7 Å². The van der Waals surface area contributed by atoms with E-state index in [-0.39, 0.29) is 48.1 Å². The van der Waals surface area contributed by atoms with Crippen molar-refractivity contribution in [1.29, 1.82) is 0 Å². The van der Waals surface area contributed by atoms with Gasteiger partial charge in [0.2, 0.25) is 0 Å². The van der Waals surface area contributed by atoms with Gasteiger partial charge in [-0.1, -0.05) is 155 Å². The molecule has 4 rings (SSSR count). The Hall–Kier alpha value is -5.68. The molecule has 0 heterocycles. The van der Waals surface area contributed by atoms with Crippen LogP contribution < -0.4 is 18.9 Å². The molecule has 0 fully saturated rings. The third-order valence-corrected chi connectivity index (χ3v) is 11.0. The molecule has 0 radical (unpaired) electrons. The fourth-order valence-electron chi connectivity index (χ4n) is 7.58. The lowest BCUT2D eigenvalue weighted by Crippen LogP contribution is -2.16. The minimum absolute atomic E-state index is 0.0864. The molecule has 0 bridgehead atoms. The number of benzene rings is 4. The molecule has 4 nitrogen and oxygen atoms in total. The van der Waals surface area contributed by atoms with E-state index in [1.807, 2.05) is 0 Å². The van der Waals surface area contributed by atoms with Gasteiger partial charge in [0.25, 0.3) is 0 Å². The van der Waals surface area contributed by atoms with Crippen LogP contribution in [0.4, 0.5) is 0 Å². The highest BCUT2D eigenvalue weighted by Gasteiger charge is 2.27. The zero-order valence-electron chi connectivity index (χ0n) is 39.5. The predicted octanol–water partition coefficient (Wildman–Crippen LogP) is 12.3. The zero-order valence-corrected chi connectivity index (χ0v) is 39.5. The van der Waals surface area contributed by atoms with E-state index in [9.17, 15) is 0 Å². The van der Waals surface area contributed by atoms with Crippen molar-refractivity contribution in [3.8, 4) is 72.4 Å². The highest BCUT2D eigenvalue weighted by atomic mass is 16.5. The number of hydrogen-bond acceptors (Lipinski definition) is 4. The predicted molar refractivity (Wildman–Crippen MR) is 256 cm³/mol. The summed E-state index contributed by atoms with van der Waals surface area (Å²) < 4.78 is 25.8. The monoisotopic (exact) mass is 817 g/mol. The second-order valence-electron chi connectivity index (χ2n) is 20.3. The fraction of sp³-hybridized carbons (Fsp3) is 0.439. The second-order valence-corrected chi connectivity index (χ2v) is 20.3. The number of ether oxygens (including phenoxy) is 4. The van der Waals surface area contributed by atoms with Crippen LogP contribution in [0.1, 0.15) is 150 Å². The van der Waals surface area contributed by atoms with Crippen LogP contribution in [0.25, 0.3) is 0 Å². The van der Waals surface area contributed by atoms with E-state index in [1.165, 1.54) is 22.3 Å². The summed E-state index contributed by atoms with van der Waals surface area (Å²) in [5, 5.41) is 0. The van der Waals surface area contributed by atoms with E-state index in [4.69, 9.17) is 44.6 Å². The third kappa shape index (κ3) is 12.2. The summed E-state index contributed by atoms with van der Waals surface area (Å²) in [7, 11) is 0. The molecule has 0 aromatic heterocycles. The first kappa shape index (κ1) is 48.0. The molecule has 4 heteroatoms. The number of rotatable bonds is 14. The molecule has 0 unspecified atom stereocenters. The average Bonchev–Trinajstić information content (AvgIpc) is 3.14. The van der Waals surface area contributed by atoms with Crippen LogP contribution >= 0.6 is 0 Å². The summed E-state index contributed by atoms with van der Waals surface area (Å²) in [5.41, 5.74) is 12.4. The van der Waals surface area contributed by atoms with Crippen LogP contribution in [0.15, 0.2) is 48.5 Å². The van der Waals surface area contributed by atoms with Gasteiger partial charge >= 0.3 is 0 Å². The van der Waals surface area contributed by atoms with Gasteiger partial charge in [0, 0.05) is 19.3 Å². The molecule has 4 aromatic rings. The van der Waals surface area contributed by atoms with Crippen molar-refractivity contribution < 1.29 is 18.9 Å². The Bertz CT molecular complexity index is 2220. The largest absolute Gasteiger partial charge is 0.480 e. The number of aryl methyl sites for hydroxylation is 2. The molecule has 0 saturated carbocycles. The summed E-state index contributed by atoms with van der Waals surface area (Å²) >= 11 is 0. The highest BCUT2D eigenvalue weighted by Crippen LogP contribution is 2.42. The Balaban J connectivity index is 2.07. The first-order valence-corrected chi connectivity index (χ1v) is 21.3. The number of terminal acetylenes is 4. The van der Waals surface area contributed by atoms with Gasteiger partial charge < -0.3 is 18.9 Å². The van der Waals surface area contributed by atoms with E-state index in [0.717, 1.165) is 67.5 Å². The molecule has 0 spiro atoms. The smallest absolute Gasteiger partial charge is 0.148 e. The van der Waals surface area contributed by atoms with Crippen LogP contribution in [-0.2, 0) is 40.9 Å². The summed E-state index contributed by atoms with van der Waals surface area (Å²) in [6.07, 6.45) is 24.8. The van der Waals surface area contributed by atoms with Crippen LogP contribution in [0, 0.1) is 63.2 Å². The number of hydrogen-bond donors (Lipinski definition) is 0. The SMILES string of the molecule is C#CCOc1c(C)cc(C(C)(C)C)cc1Cc1cc(C(C)(C)C)cc(Cc2cc(C(C)(C)C)cc(Cc3cc(C(C)(C)C)cc(C)c3OCC#C)c2OCC#C)c1OCC#C. The topological polar surface area (TPSA) is 36.9 Å². The Kier molecular flexibility index (Phi) is 15.2. The van der Waals surface area contributed by atoms with Crippen molar-refractivity contribution in [2.45, 2.75) is 138 Å². The maximum Gasteiger partial charge on any atom is 0.148 e. The lowest BCUT2D eigenvalue weighted by atomic mass is 9.80. The van der Waals surface area contributed by atoms with Crippen molar-refractivity contribution in [2.75, 3.05) is 26.4 Å². The van der Waals surface area contributed by atoms with Gasteiger partial charge in [-0.25, -0.2) is 0 Å². The van der Waals surface area contributed by atoms with Crippen molar-refractivity contribution in [2.24, 2.45) is 0 Å². The van der Waals surface area contributed by atoms with Gasteiger partial charge in [-0.05, 0) is 102 Å². The highest BCUT2D eigenvalue weighted by molar-refractivity contribution is 5.58. The molecule has 0 aliphatic carbocycles. The van der Waals surface area contributed by atoms with Gasteiger partial charge in [-0.3, -0.25) is 0 Å². The minimum atomic E-state index is -0.188. The van der Waals surface area contributed by atoms with Crippen molar-refractivity contribution in [3.63, 3.8) is 0 Å². The van der Waals surface area contributed by atoms with Crippen molar-refractivity contribution in [3.05, 3.63) is 115 Å². The summed E-state index contributed by atoms with van der Waals surface area (Å²) in [6.45, 7) is 31.4. The molecule has 0 N–H and O–H groups in total. The van der Waals surface area contributed by atoms with Crippen LogP contribution in [0.2, 0.25) is 0 Å². The van der Waals surface area contributed by atoms with Crippen LogP contribution in [-0.4, -0.2) is 26.4 Å². The first-order valence-electron chi connectivity index (χ1n) is 21.3. The van der Waals surface area contributed by atoms with Crippen LogP contribution in [0.5, 0.6) is 23.0 Å². The summed E-state index contributed by atoms with van der Waals surface area (Å²) in [6, 6.07) is 17.9. The average molecular weight is 817 g/mol. The van der Waals surface area contributed by atoms with E-state index < -0.39 is 0 Å². The molecular weight excluding hydrogens is 749 g/mol. The van der Waals surface area contributed by atoms with Gasteiger partial charge in [0.1, 0.15) is 49.4 Å². The molecular formula is C57H68O4. The molecule has 4 aromatic carbocycles. The van der Waals surface area contributed by atoms with Gasteiger partial charge in [0.05, 0.1) is 0 Å². The standard InChI is InChI=1S/C57H68O4/c1-19-23-58-50-38(5)27-46(54(7,8)9)32-40(50)29-42-34-48(56(13,14)15)36-44(52(42)60-25-21-3)31-45-37-49(57(16,17)18)35-43(53(45)61-26-22-4)30-41-33-47(55(10,11)12)28-39(6)51(41)59-24-20-2/h1-4,27-28,32-37H,23-26,29-31H2,5-18H3. The summed E-state index contributed by atoms with van der Waals surface area (Å²) in [4.78, 5) is 0. The first-order chi connectivity index (χ1) is 28.4. The zero-order chi connectivity index (χ0) is 45.5. The minimum Gasteiger partial charge on any atom is -0.480 e. The van der Waals surface area contributed by atoms with Crippen LogP contribution in [0.3, 0.4) is 0 Å². The maximum absolute atomic E-state index is 6.62. The Morgan fingerprint density at radius 2 is 0.541 bits per heavy atom. The molecule has 0 saturated heterocycles. The van der Waals surface area contributed by atoms with Gasteiger partial charge in [0.15, 0.2) is 0 Å². The van der Waals surface area contributed by atoms with E-state index >= 15 is 0 Å². The van der Waals surface area contributed by atoms with Gasteiger partial charge in [-0.2, -0.15) is 0 Å². The lowest BCUT2D eigenvalue weighted by molar-refractivity contribution is 0.355. The van der Waals surface area contributed by atoms with E-state index in [1.54, 1.807) is 0 Å². The third-order valence-electron chi connectivity index (χ3n) is 11.0. The van der Waals surface area contributed by atoms with Crippen molar-refractivity contribution in [1.82, 2.24) is 0 Å². The normalized spacial score (nSPS) is 11.8. The Morgan fingerprint density at radius 1 is 0.344 bits per heavy atom. The maximum atomic E-state index is 6.62. The second kappa shape index (κ2) is 19.4. The molecule has 320 valence electrons. The van der Waals surface area contributed by atoms with Crippen molar-refractivity contribution >= 4 is 0 Å². The summed E-state index contributed by atoms with van der Waals surface area (Å²) in [5.74, 6) is 13.8. The molecule has 61 heavy (non-hydrogen) atoms.